The molecule has 0 spiro atoms. The average molecular weight is 263 g/mol. The van der Waals surface area contributed by atoms with Gasteiger partial charge in [0.25, 0.3) is 0 Å². The third-order valence-electron chi connectivity index (χ3n) is 2.50. The second kappa shape index (κ2) is 7.01. The Kier molecular flexibility index (Phi) is 5.65. The zero-order valence-corrected chi connectivity index (χ0v) is 11.8. The molecular weight excluding hydrogens is 242 g/mol. The largest absolute Gasteiger partial charge is 0.384 e. The van der Waals surface area contributed by atoms with Crippen LogP contribution in [0.1, 0.15) is 13.3 Å². The molecule has 98 valence electrons. The highest BCUT2D eigenvalue weighted by Crippen LogP contribution is 2.11. The van der Waals surface area contributed by atoms with Gasteiger partial charge in [-0.3, -0.25) is 0 Å². The van der Waals surface area contributed by atoms with E-state index in [9.17, 15) is 0 Å². The van der Waals surface area contributed by atoms with E-state index in [-0.39, 0.29) is 0 Å². The van der Waals surface area contributed by atoms with Crippen LogP contribution in [0.4, 0.5) is 0 Å². The minimum absolute atomic E-state index is 0.631. The molecule has 0 amide bonds. The van der Waals surface area contributed by atoms with Gasteiger partial charge in [0.05, 0.1) is 6.54 Å². The van der Waals surface area contributed by atoms with Crippen molar-refractivity contribution in [1.29, 1.82) is 0 Å². The van der Waals surface area contributed by atoms with Crippen LogP contribution < -0.4 is 16.0 Å². The van der Waals surface area contributed by atoms with Crippen molar-refractivity contribution in [1.82, 2.24) is 16.0 Å². The minimum atomic E-state index is 0.631. The summed E-state index contributed by atoms with van der Waals surface area (Å²) < 4.78 is 0. The Morgan fingerprint density at radius 1 is 1.33 bits per heavy atom. The van der Waals surface area contributed by atoms with Crippen LogP contribution in [-0.4, -0.2) is 24.6 Å². The summed E-state index contributed by atoms with van der Waals surface area (Å²) in [5, 5.41) is 9.56. The Balaban J connectivity index is 2.37. The van der Waals surface area contributed by atoms with E-state index in [2.05, 4.69) is 41.8 Å². The predicted molar refractivity (Wildman–Crippen MR) is 82.4 cm³/mol. The molecule has 0 atom stereocenters. The second-order valence-corrected chi connectivity index (χ2v) is 4.82. The zero-order valence-electron chi connectivity index (χ0n) is 10.9. The van der Waals surface area contributed by atoms with Crippen LogP contribution in [0.5, 0.6) is 0 Å². The summed E-state index contributed by atoms with van der Waals surface area (Å²) in [6.07, 6.45) is 3.09. The first-order valence-electron chi connectivity index (χ1n) is 5.98. The molecule has 0 aromatic heterocycles. The highest BCUT2D eigenvalue weighted by Gasteiger charge is 2.11. The summed E-state index contributed by atoms with van der Waals surface area (Å²) in [5.41, 5.74) is 3.82. The van der Waals surface area contributed by atoms with E-state index in [1.165, 1.54) is 0 Å². The van der Waals surface area contributed by atoms with Gasteiger partial charge in [-0.25, -0.2) is 0 Å². The van der Waals surface area contributed by atoms with Gasteiger partial charge in [-0.15, -0.1) is 0 Å². The van der Waals surface area contributed by atoms with Crippen molar-refractivity contribution in [3.8, 4) is 0 Å². The van der Waals surface area contributed by atoms with Gasteiger partial charge in [-0.1, -0.05) is 43.6 Å². The van der Waals surface area contributed by atoms with Gasteiger partial charge in [0.15, 0.2) is 0 Å². The van der Waals surface area contributed by atoms with Crippen molar-refractivity contribution >= 4 is 17.2 Å². The van der Waals surface area contributed by atoms with Crippen LogP contribution in [0.2, 0.25) is 0 Å². The molecule has 1 aliphatic rings. The van der Waals surface area contributed by atoms with E-state index in [1.54, 1.807) is 0 Å². The van der Waals surface area contributed by atoms with E-state index in [4.69, 9.17) is 12.2 Å². The molecule has 0 fully saturated rings. The molecule has 1 heterocycles. The normalized spacial score (nSPS) is 14.3. The fourth-order valence-corrected chi connectivity index (χ4v) is 1.81. The molecule has 4 heteroatoms. The molecule has 1 rings (SSSR count). The lowest BCUT2D eigenvalue weighted by Crippen LogP contribution is -2.32. The molecule has 0 aliphatic carbocycles. The Morgan fingerprint density at radius 3 is 2.67 bits per heavy atom. The van der Waals surface area contributed by atoms with E-state index < -0.39 is 0 Å². The molecule has 0 saturated carbocycles. The molecule has 3 N–H and O–H groups in total. The summed E-state index contributed by atoms with van der Waals surface area (Å²) in [5.74, 6) is 0. The van der Waals surface area contributed by atoms with Crippen LogP contribution in [0.3, 0.4) is 0 Å². The molecular formula is C14H21N3S. The van der Waals surface area contributed by atoms with Crippen molar-refractivity contribution in [2.24, 2.45) is 0 Å². The van der Waals surface area contributed by atoms with Gasteiger partial charge >= 0.3 is 0 Å². The molecule has 0 saturated heterocycles. The minimum Gasteiger partial charge on any atom is -0.384 e. The zero-order chi connectivity index (χ0) is 13.5. The van der Waals surface area contributed by atoms with E-state index in [0.717, 1.165) is 47.0 Å². The first kappa shape index (κ1) is 14.5. The quantitative estimate of drug-likeness (QED) is 0.485. The van der Waals surface area contributed by atoms with Crippen LogP contribution in [0.15, 0.2) is 48.4 Å². The first-order valence-corrected chi connectivity index (χ1v) is 6.39. The van der Waals surface area contributed by atoms with Gasteiger partial charge in [0.2, 0.25) is 0 Å². The smallest absolute Gasteiger partial charge is 0.108 e. The molecule has 0 radical (unpaired) electrons. The molecule has 0 bridgehead atoms. The van der Waals surface area contributed by atoms with Crippen molar-refractivity contribution < 1.29 is 0 Å². The van der Waals surface area contributed by atoms with E-state index in [1.807, 2.05) is 6.92 Å². The molecule has 0 unspecified atom stereocenters. The predicted octanol–water partition coefficient (Wildman–Crippen LogP) is 2.02. The fourth-order valence-electron chi connectivity index (χ4n) is 1.50. The lowest BCUT2D eigenvalue weighted by atomic mass is 10.1. The number of hydrogen-bond donors (Lipinski definition) is 3. The first-order chi connectivity index (χ1) is 8.50. The Hall–Kier alpha value is -1.55. The second-order valence-electron chi connectivity index (χ2n) is 4.41. The Labute approximate surface area is 115 Å². The van der Waals surface area contributed by atoms with Gasteiger partial charge in [-0.05, 0) is 13.3 Å². The summed E-state index contributed by atoms with van der Waals surface area (Å²) >= 11 is 5.24. The molecule has 0 aromatic rings. The van der Waals surface area contributed by atoms with Crippen molar-refractivity contribution in [3.63, 3.8) is 0 Å². The highest BCUT2D eigenvalue weighted by molar-refractivity contribution is 7.80. The van der Waals surface area contributed by atoms with E-state index >= 15 is 0 Å². The summed E-state index contributed by atoms with van der Waals surface area (Å²) in [6.45, 7) is 16.0. The molecule has 1 aliphatic heterocycles. The molecule has 0 aromatic carbocycles. The maximum Gasteiger partial charge on any atom is 0.108 e. The van der Waals surface area contributed by atoms with Crippen molar-refractivity contribution in [3.05, 3.63) is 48.4 Å². The van der Waals surface area contributed by atoms with Gasteiger partial charge in [-0.2, -0.15) is 0 Å². The third-order valence-corrected chi connectivity index (χ3v) is 2.87. The maximum atomic E-state index is 5.24. The number of thiocarbonyl (C=S) groups is 1. The van der Waals surface area contributed by atoms with Gasteiger partial charge in [0, 0.05) is 30.1 Å². The fraction of sp³-hybridized carbons (Fsp3) is 0.357. The van der Waals surface area contributed by atoms with Gasteiger partial charge in [0.1, 0.15) is 4.99 Å². The standard InChI is InChI=1S/C14H21N3S/c1-10(2)8-16-11(3)9-17-12(4)13-6-5-7-15-14(13)18/h6,16-17H,1,3-5,7-9H2,2H3,(H,15,18). The van der Waals surface area contributed by atoms with Crippen LogP contribution in [-0.2, 0) is 0 Å². The third kappa shape index (κ3) is 4.75. The van der Waals surface area contributed by atoms with Crippen LogP contribution in [0.25, 0.3) is 0 Å². The summed E-state index contributed by atoms with van der Waals surface area (Å²) in [7, 11) is 0. The summed E-state index contributed by atoms with van der Waals surface area (Å²) in [6, 6.07) is 0. The lowest BCUT2D eigenvalue weighted by molar-refractivity contribution is 0.777. The van der Waals surface area contributed by atoms with E-state index in [0.29, 0.717) is 6.54 Å². The molecule has 18 heavy (non-hydrogen) atoms. The average Bonchev–Trinajstić information content (AvgIpc) is 2.34. The monoisotopic (exact) mass is 263 g/mol. The van der Waals surface area contributed by atoms with Crippen LogP contribution in [0, 0.1) is 0 Å². The number of rotatable bonds is 7. The number of nitrogens with one attached hydrogen (secondary N) is 3. The van der Waals surface area contributed by atoms with Crippen molar-refractivity contribution in [2.45, 2.75) is 13.3 Å². The summed E-state index contributed by atoms with van der Waals surface area (Å²) in [4.78, 5) is 0.763. The topological polar surface area (TPSA) is 36.1 Å². The SMILES string of the molecule is C=C(C)CNC(=C)CNC(=C)C1=CCCNC1=S. The number of hydrogen-bond acceptors (Lipinski definition) is 3. The highest BCUT2D eigenvalue weighted by atomic mass is 32.1. The van der Waals surface area contributed by atoms with Crippen molar-refractivity contribution in [2.75, 3.05) is 19.6 Å². The lowest BCUT2D eigenvalue weighted by Gasteiger charge is -2.20. The Morgan fingerprint density at radius 2 is 2.06 bits per heavy atom. The van der Waals surface area contributed by atoms with Gasteiger partial charge < -0.3 is 16.0 Å². The Bertz CT molecular complexity index is 407. The molecule has 3 nitrogen and oxygen atoms in total. The van der Waals surface area contributed by atoms with Crippen LogP contribution >= 0.6 is 12.2 Å². The maximum absolute atomic E-state index is 5.24.